The molecule has 0 aliphatic heterocycles. The van der Waals surface area contributed by atoms with Crippen molar-refractivity contribution in [1.29, 1.82) is 0 Å². The van der Waals surface area contributed by atoms with Crippen LogP contribution in [-0.2, 0) is 5.41 Å². The van der Waals surface area contributed by atoms with E-state index in [-0.39, 0.29) is 10.8 Å². The molecule has 50 heavy (non-hydrogen) atoms. The lowest BCUT2D eigenvalue weighted by atomic mass is 9.82. The highest BCUT2D eigenvalue weighted by Crippen LogP contribution is 2.53. The van der Waals surface area contributed by atoms with Gasteiger partial charge in [-0.05, 0) is 95.1 Å². The van der Waals surface area contributed by atoms with Gasteiger partial charge >= 0.3 is 0 Å². The van der Waals surface area contributed by atoms with Crippen LogP contribution in [0.5, 0.6) is 0 Å². The molecule has 238 valence electrons. The molecule has 0 radical (unpaired) electrons. The predicted molar refractivity (Wildman–Crippen MR) is 207 cm³/mol. The van der Waals surface area contributed by atoms with Crippen LogP contribution in [0.4, 0.5) is 17.1 Å². The van der Waals surface area contributed by atoms with E-state index in [4.69, 9.17) is 4.42 Å². The van der Waals surface area contributed by atoms with Crippen molar-refractivity contribution < 1.29 is 4.42 Å². The number of hydrogen-bond donors (Lipinski definition) is 0. The van der Waals surface area contributed by atoms with E-state index in [1.165, 1.54) is 33.0 Å². The van der Waals surface area contributed by atoms with Crippen LogP contribution in [0.25, 0.3) is 60.6 Å². The number of fused-ring (bicyclic) bond motifs is 9. The zero-order valence-electron chi connectivity index (χ0n) is 27.7. The third-order valence-electron chi connectivity index (χ3n) is 10.6. The highest BCUT2D eigenvalue weighted by atomic mass is 16.3. The Hall–Kier alpha value is -6.39. The fourth-order valence-electron chi connectivity index (χ4n) is 8.24. The maximum atomic E-state index is 13.9. The molecule has 0 saturated heterocycles. The topological polar surface area (TPSA) is 38.4 Å². The molecule has 2 aromatic heterocycles. The summed E-state index contributed by atoms with van der Waals surface area (Å²) in [5.74, 6) is 0. The summed E-state index contributed by atoms with van der Waals surface area (Å²) in [6.45, 7) is 4.65. The summed E-state index contributed by atoms with van der Waals surface area (Å²) in [4.78, 5) is 16.2. The minimum absolute atomic E-state index is 0.0268. The molecule has 1 aliphatic carbocycles. The molecule has 9 aromatic rings. The maximum absolute atomic E-state index is 13.9. The van der Waals surface area contributed by atoms with E-state index in [1.54, 1.807) is 0 Å². The highest BCUT2D eigenvalue weighted by molar-refractivity contribution is 6.18. The van der Waals surface area contributed by atoms with Crippen LogP contribution in [0.2, 0.25) is 0 Å². The van der Waals surface area contributed by atoms with Gasteiger partial charge in [-0.1, -0.05) is 98.8 Å². The standard InChI is InChI=1S/C46H32N2O2/c1-46(2)37-19-11-9-17-33(37)43-38(46)24-25-39-44(43)34-23-21-32(47(29-13-5-3-6-14-29)30-15-7-4-8-16-30)28-40(34)48(39)31-22-26-42-36(27-31)45(49)35-18-10-12-20-41(35)50-42/h3-28H,1-2H3. The number of rotatable bonds is 4. The van der Waals surface area contributed by atoms with E-state index >= 15 is 0 Å². The summed E-state index contributed by atoms with van der Waals surface area (Å²) in [5, 5.41) is 3.54. The molecule has 10 rings (SSSR count). The van der Waals surface area contributed by atoms with Crippen LogP contribution in [0.3, 0.4) is 0 Å². The van der Waals surface area contributed by atoms with Gasteiger partial charge in [-0.3, -0.25) is 4.79 Å². The van der Waals surface area contributed by atoms with Crippen molar-refractivity contribution in [2.75, 3.05) is 4.90 Å². The Kier molecular flexibility index (Phi) is 6.04. The SMILES string of the molecule is CC1(C)c2ccccc2-c2c1ccc1c2c2ccc(N(c3ccccc3)c3ccccc3)cc2n1-c1ccc2oc3ccccc3c(=O)c2c1. The summed E-state index contributed by atoms with van der Waals surface area (Å²) < 4.78 is 8.55. The quantitative estimate of drug-likeness (QED) is 0.179. The van der Waals surface area contributed by atoms with E-state index < -0.39 is 0 Å². The second-order valence-electron chi connectivity index (χ2n) is 13.7. The zero-order valence-corrected chi connectivity index (χ0v) is 27.7. The van der Waals surface area contributed by atoms with Gasteiger partial charge in [-0.2, -0.15) is 0 Å². The van der Waals surface area contributed by atoms with Gasteiger partial charge in [0.25, 0.3) is 0 Å². The second kappa shape index (κ2) is 10.6. The van der Waals surface area contributed by atoms with Gasteiger partial charge in [-0.15, -0.1) is 0 Å². The van der Waals surface area contributed by atoms with Crippen LogP contribution in [0.15, 0.2) is 167 Å². The first kappa shape index (κ1) is 28.6. The summed E-state index contributed by atoms with van der Waals surface area (Å²) >= 11 is 0. The Bertz CT molecular complexity index is 2820. The molecule has 0 unspecified atom stereocenters. The molecule has 0 fully saturated rings. The summed E-state index contributed by atoms with van der Waals surface area (Å²) in [6.07, 6.45) is 0. The smallest absolute Gasteiger partial charge is 0.200 e. The minimum atomic E-state index is -0.130. The van der Waals surface area contributed by atoms with Gasteiger partial charge in [-0.25, -0.2) is 0 Å². The first-order valence-corrected chi connectivity index (χ1v) is 17.1. The van der Waals surface area contributed by atoms with E-state index in [9.17, 15) is 4.79 Å². The number of nitrogens with zero attached hydrogens (tertiary/aromatic N) is 2. The number of benzene rings is 7. The van der Waals surface area contributed by atoms with Gasteiger partial charge in [0.2, 0.25) is 5.43 Å². The molecule has 0 atom stereocenters. The van der Waals surface area contributed by atoms with Crippen LogP contribution in [0, 0.1) is 0 Å². The van der Waals surface area contributed by atoms with Crippen molar-refractivity contribution in [3.8, 4) is 16.8 Å². The monoisotopic (exact) mass is 644 g/mol. The minimum Gasteiger partial charge on any atom is -0.456 e. The number of anilines is 3. The molecule has 0 N–H and O–H groups in total. The fraction of sp³-hybridized carbons (Fsp3) is 0.0652. The Balaban J connectivity index is 1.32. The summed E-state index contributed by atoms with van der Waals surface area (Å²) in [6, 6.07) is 54.6. The Morgan fingerprint density at radius 1 is 0.540 bits per heavy atom. The van der Waals surface area contributed by atoms with Crippen molar-refractivity contribution >= 4 is 60.8 Å². The molecule has 0 spiro atoms. The van der Waals surface area contributed by atoms with E-state index in [2.05, 4.69) is 133 Å². The molecule has 4 nitrogen and oxygen atoms in total. The third kappa shape index (κ3) is 4.02. The van der Waals surface area contributed by atoms with Crippen molar-refractivity contribution in [2.45, 2.75) is 19.3 Å². The van der Waals surface area contributed by atoms with Crippen molar-refractivity contribution in [3.05, 3.63) is 179 Å². The zero-order chi connectivity index (χ0) is 33.6. The molecule has 4 heteroatoms. The first-order valence-electron chi connectivity index (χ1n) is 17.1. The van der Waals surface area contributed by atoms with Gasteiger partial charge in [0.15, 0.2) is 0 Å². The molecule has 1 aliphatic rings. The molecule has 0 saturated carbocycles. The first-order chi connectivity index (χ1) is 24.5. The lowest BCUT2D eigenvalue weighted by Gasteiger charge is -2.25. The average Bonchev–Trinajstić information content (AvgIpc) is 3.61. The predicted octanol–water partition coefficient (Wildman–Crippen LogP) is 11.8. The highest BCUT2D eigenvalue weighted by Gasteiger charge is 2.37. The van der Waals surface area contributed by atoms with Crippen molar-refractivity contribution in [3.63, 3.8) is 0 Å². The molecular weight excluding hydrogens is 613 g/mol. The van der Waals surface area contributed by atoms with Gasteiger partial charge in [0.05, 0.1) is 21.8 Å². The molecule has 7 aromatic carbocycles. The Labute approximate surface area is 289 Å². The van der Waals surface area contributed by atoms with E-state index in [1.807, 2.05) is 48.5 Å². The summed E-state index contributed by atoms with van der Waals surface area (Å²) in [5.41, 5.74) is 12.5. The normalized spacial score (nSPS) is 13.2. The lowest BCUT2D eigenvalue weighted by Crippen LogP contribution is -2.14. The third-order valence-corrected chi connectivity index (χ3v) is 10.6. The average molecular weight is 645 g/mol. The van der Waals surface area contributed by atoms with Crippen LogP contribution >= 0.6 is 0 Å². The molecule has 0 amide bonds. The van der Waals surface area contributed by atoms with E-state index in [0.717, 1.165) is 33.8 Å². The maximum Gasteiger partial charge on any atom is 0.200 e. The Morgan fingerprint density at radius 2 is 1.22 bits per heavy atom. The van der Waals surface area contributed by atoms with Gasteiger partial charge in [0, 0.05) is 38.9 Å². The Morgan fingerprint density at radius 3 is 2.00 bits per heavy atom. The summed E-state index contributed by atoms with van der Waals surface area (Å²) in [7, 11) is 0. The van der Waals surface area contributed by atoms with Crippen LogP contribution < -0.4 is 10.3 Å². The van der Waals surface area contributed by atoms with E-state index in [0.29, 0.717) is 21.9 Å². The van der Waals surface area contributed by atoms with Crippen molar-refractivity contribution in [2.24, 2.45) is 0 Å². The van der Waals surface area contributed by atoms with Crippen molar-refractivity contribution in [1.82, 2.24) is 4.57 Å². The largest absolute Gasteiger partial charge is 0.456 e. The number of hydrogen-bond acceptors (Lipinski definition) is 3. The molecular formula is C46H32N2O2. The number of para-hydroxylation sites is 3. The molecule has 0 bridgehead atoms. The van der Waals surface area contributed by atoms with Crippen LogP contribution in [-0.4, -0.2) is 4.57 Å². The van der Waals surface area contributed by atoms with Crippen LogP contribution in [0.1, 0.15) is 25.0 Å². The van der Waals surface area contributed by atoms with Gasteiger partial charge < -0.3 is 13.9 Å². The second-order valence-corrected chi connectivity index (χ2v) is 13.7. The fourth-order valence-corrected chi connectivity index (χ4v) is 8.24. The van der Waals surface area contributed by atoms with Gasteiger partial charge in [0.1, 0.15) is 11.2 Å². The number of aromatic nitrogens is 1. The lowest BCUT2D eigenvalue weighted by molar-refractivity contribution is 0.659. The molecule has 2 heterocycles.